The minimum Gasteiger partial charge on any atom is -0.383 e. The van der Waals surface area contributed by atoms with E-state index in [4.69, 9.17) is 4.74 Å². The average Bonchev–Trinajstić information content (AvgIpc) is 2.95. The van der Waals surface area contributed by atoms with Crippen LogP contribution >= 0.6 is 11.3 Å². The number of methoxy groups -OCH3 is 1. The topological polar surface area (TPSA) is 47.0 Å². The number of pyridine rings is 1. The summed E-state index contributed by atoms with van der Waals surface area (Å²) in [5.74, 6) is 0. The third kappa shape index (κ3) is 4.37. The Morgan fingerprint density at radius 2 is 2.30 bits per heavy atom. The third-order valence-electron chi connectivity index (χ3n) is 3.01. The van der Waals surface area contributed by atoms with E-state index in [9.17, 15) is 0 Å². The highest BCUT2D eigenvalue weighted by molar-refractivity contribution is 7.13. The molecule has 20 heavy (non-hydrogen) atoms. The van der Waals surface area contributed by atoms with Crippen molar-refractivity contribution in [1.82, 2.24) is 15.3 Å². The summed E-state index contributed by atoms with van der Waals surface area (Å²) in [6, 6.07) is 6.28. The standard InChI is InChI=1S/C15H21N3OS/c1-3-6-12(10-19-2)17-9-13-11-20-15(18-13)14-7-4-5-8-16-14/h4-5,7-8,11-12,17H,3,6,9-10H2,1-2H3. The van der Waals surface area contributed by atoms with Crippen LogP contribution in [0, 0.1) is 0 Å². The molecule has 0 aliphatic rings. The molecule has 0 spiro atoms. The molecule has 0 bridgehead atoms. The number of hydrogen-bond acceptors (Lipinski definition) is 5. The van der Waals surface area contributed by atoms with Gasteiger partial charge in [-0.15, -0.1) is 11.3 Å². The fourth-order valence-corrected chi connectivity index (χ4v) is 2.83. The van der Waals surface area contributed by atoms with Crippen molar-refractivity contribution in [2.45, 2.75) is 32.4 Å². The second-order valence-electron chi connectivity index (χ2n) is 4.68. The van der Waals surface area contributed by atoms with Crippen LogP contribution < -0.4 is 5.32 Å². The van der Waals surface area contributed by atoms with Crippen molar-refractivity contribution in [2.75, 3.05) is 13.7 Å². The molecule has 0 fully saturated rings. The van der Waals surface area contributed by atoms with Crippen LogP contribution in [0.4, 0.5) is 0 Å². The maximum atomic E-state index is 5.23. The number of aromatic nitrogens is 2. The predicted octanol–water partition coefficient (Wildman–Crippen LogP) is 3.11. The van der Waals surface area contributed by atoms with Crippen molar-refractivity contribution >= 4 is 11.3 Å². The Balaban J connectivity index is 1.92. The fourth-order valence-electron chi connectivity index (χ4n) is 2.04. The van der Waals surface area contributed by atoms with Crippen LogP contribution in [0.1, 0.15) is 25.5 Å². The Kier molecular flexibility index (Phi) is 6.11. The van der Waals surface area contributed by atoms with E-state index >= 15 is 0 Å². The number of rotatable bonds is 8. The maximum absolute atomic E-state index is 5.23. The molecule has 2 heterocycles. The van der Waals surface area contributed by atoms with E-state index in [1.807, 2.05) is 18.2 Å². The minimum absolute atomic E-state index is 0.394. The molecule has 0 saturated heterocycles. The first-order valence-corrected chi connectivity index (χ1v) is 7.79. The molecule has 0 saturated carbocycles. The maximum Gasteiger partial charge on any atom is 0.142 e. The molecule has 2 aromatic rings. The van der Waals surface area contributed by atoms with E-state index in [1.165, 1.54) is 0 Å². The molecule has 2 aromatic heterocycles. The molecule has 0 aromatic carbocycles. The molecule has 1 N–H and O–H groups in total. The Labute approximate surface area is 124 Å². The van der Waals surface area contributed by atoms with Crippen molar-refractivity contribution in [3.05, 3.63) is 35.5 Å². The van der Waals surface area contributed by atoms with Crippen molar-refractivity contribution in [3.8, 4) is 10.7 Å². The predicted molar refractivity (Wildman–Crippen MR) is 82.8 cm³/mol. The summed E-state index contributed by atoms with van der Waals surface area (Å²) in [5, 5.41) is 6.56. The van der Waals surface area contributed by atoms with Gasteiger partial charge in [0, 0.05) is 31.3 Å². The molecule has 5 heteroatoms. The van der Waals surface area contributed by atoms with Gasteiger partial charge in [-0.05, 0) is 18.6 Å². The second-order valence-corrected chi connectivity index (χ2v) is 5.54. The van der Waals surface area contributed by atoms with Gasteiger partial charge in [-0.3, -0.25) is 4.98 Å². The van der Waals surface area contributed by atoms with Gasteiger partial charge in [-0.2, -0.15) is 0 Å². The summed E-state index contributed by atoms with van der Waals surface area (Å²) in [6.45, 7) is 3.70. The molecule has 0 aliphatic heterocycles. The smallest absolute Gasteiger partial charge is 0.142 e. The molecule has 108 valence electrons. The van der Waals surface area contributed by atoms with E-state index in [-0.39, 0.29) is 0 Å². The van der Waals surface area contributed by atoms with Gasteiger partial charge in [-0.1, -0.05) is 19.4 Å². The highest BCUT2D eigenvalue weighted by atomic mass is 32.1. The Hall–Kier alpha value is -1.30. The first-order chi connectivity index (χ1) is 9.83. The van der Waals surface area contributed by atoms with Crippen LogP contribution in [0.15, 0.2) is 29.8 Å². The van der Waals surface area contributed by atoms with Gasteiger partial charge in [0.15, 0.2) is 0 Å². The zero-order chi connectivity index (χ0) is 14.2. The lowest BCUT2D eigenvalue weighted by Gasteiger charge is -2.16. The monoisotopic (exact) mass is 291 g/mol. The first-order valence-electron chi connectivity index (χ1n) is 6.91. The molecule has 1 atom stereocenters. The SMILES string of the molecule is CCCC(COC)NCc1csc(-c2ccccn2)n1. The lowest BCUT2D eigenvalue weighted by molar-refractivity contribution is 0.161. The van der Waals surface area contributed by atoms with Crippen molar-refractivity contribution in [3.63, 3.8) is 0 Å². The number of nitrogens with one attached hydrogen (secondary N) is 1. The highest BCUT2D eigenvalue weighted by Gasteiger charge is 2.09. The molecule has 4 nitrogen and oxygen atoms in total. The first kappa shape index (κ1) is 15.1. The van der Waals surface area contributed by atoms with Gasteiger partial charge >= 0.3 is 0 Å². The van der Waals surface area contributed by atoms with Gasteiger partial charge < -0.3 is 10.1 Å². The Morgan fingerprint density at radius 1 is 1.40 bits per heavy atom. The van der Waals surface area contributed by atoms with Crippen molar-refractivity contribution < 1.29 is 4.74 Å². The molecule has 2 rings (SSSR count). The van der Waals surface area contributed by atoms with E-state index in [2.05, 4.69) is 27.6 Å². The van der Waals surface area contributed by atoms with Gasteiger partial charge in [0.25, 0.3) is 0 Å². The Bertz CT molecular complexity index is 495. The molecular weight excluding hydrogens is 270 g/mol. The van der Waals surface area contributed by atoms with Crippen LogP contribution in [-0.2, 0) is 11.3 Å². The average molecular weight is 291 g/mol. The molecule has 1 unspecified atom stereocenters. The summed E-state index contributed by atoms with van der Waals surface area (Å²) in [7, 11) is 1.74. The van der Waals surface area contributed by atoms with E-state index < -0.39 is 0 Å². The Morgan fingerprint density at radius 3 is 3.00 bits per heavy atom. The molecule has 0 amide bonds. The summed E-state index contributed by atoms with van der Waals surface area (Å²) in [4.78, 5) is 8.95. The van der Waals surface area contributed by atoms with Crippen molar-refractivity contribution in [2.24, 2.45) is 0 Å². The minimum atomic E-state index is 0.394. The fraction of sp³-hybridized carbons (Fsp3) is 0.467. The normalized spacial score (nSPS) is 12.5. The van der Waals surface area contributed by atoms with Gasteiger partial charge in [-0.25, -0.2) is 4.98 Å². The third-order valence-corrected chi connectivity index (χ3v) is 3.93. The lowest BCUT2D eigenvalue weighted by atomic mass is 10.2. The summed E-state index contributed by atoms with van der Waals surface area (Å²) >= 11 is 1.64. The number of nitrogens with zero attached hydrogens (tertiary/aromatic N) is 2. The van der Waals surface area contributed by atoms with Crippen LogP contribution in [0.5, 0.6) is 0 Å². The van der Waals surface area contributed by atoms with Crippen LogP contribution in [0.2, 0.25) is 0 Å². The van der Waals surface area contributed by atoms with Crippen LogP contribution in [-0.4, -0.2) is 29.7 Å². The van der Waals surface area contributed by atoms with Crippen LogP contribution in [0.25, 0.3) is 10.7 Å². The quantitative estimate of drug-likeness (QED) is 0.812. The molecule has 0 aliphatic carbocycles. The van der Waals surface area contributed by atoms with Crippen LogP contribution in [0.3, 0.4) is 0 Å². The molecular formula is C15H21N3OS. The number of ether oxygens (including phenoxy) is 1. The van der Waals surface area contributed by atoms with E-state index in [0.29, 0.717) is 6.04 Å². The summed E-state index contributed by atoms with van der Waals surface area (Å²) in [5.41, 5.74) is 2.00. The van der Waals surface area contributed by atoms with Gasteiger partial charge in [0.2, 0.25) is 0 Å². The second kappa shape index (κ2) is 8.09. The molecule has 0 radical (unpaired) electrons. The zero-order valence-electron chi connectivity index (χ0n) is 12.0. The number of thiazole rings is 1. The van der Waals surface area contributed by atoms with Gasteiger partial charge in [0.05, 0.1) is 18.0 Å². The summed E-state index contributed by atoms with van der Waals surface area (Å²) < 4.78 is 5.23. The van der Waals surface area contributed by atoms with E-state index in [0.717, 1.165) is 42.4 Å². The van der Waals surface area contributed by atoms with Gasteiger partial charge in [0.1, 0.15) is 5.01 Å². The largest absolute Gasteiger partial charge is 0.383 e. The summed E-state index contributed by atoms with van der Waals surface area (Å²) in [6.07, 6.45) is 4.06. The van der Waals surface area contributed by atoms with Crippen molar-refractivity contribution in [1.29, 1.82) is 0 Å². The van der Waals surface area contributed by atoms with E-state index in [1.54, 1.807) is 24.6 Å². The zero-order valence-corrected chi connectivity index (χ0v) is 12.8. The highest BCUT2D eigenvalue weighted by Crippen LogP contribution is 2.21. The lowest BCUT2D eigenvalue weighted by Crippen LogP contribution is -2.32. The number of hydrogen-bond donors (Lipinski definition) is 1.